The van der Waals surface area contributed by atoms with Crippen LogP contribution < -0.4 is 0 Å². The van der Waals surface area contributed by atoms with Gasteiger partial charge in [0, 0.05) is 25.5 Å². The summed E-state index contributed by atoms with van der Waals surface area (Å²) < 4.78 is 3.68. The van der Waals surface area contributed by atoms with Crippen LogP contribution in [0.4, 0.5) is 0 Å². The van der Waals surface area contributed by atoms with E-state index in [9.17, 15) is 4.79 Å². The van der Waals surface area contributed by atoms with E-state index in [1.807, 2.05) is 17.7 Å². The lowest BCUT2D eigenvalue weighted by atomic mass is 10.2. The summed E-state index contributed by atoms with van der Waals surface area (Å²) in [6.07, 6.45) is 7.80. The van der Waals surface area contributed by atoms with Crippen molar-refractivity contribution in [3.63, 3.8) is 0 Å². The number of hydrogen-bond acceptors (Lipinski definition) is 4. The van der Waals surface area contributed by atoms with E-state index in [4.69, 9.17) is 5.11 Å². The van der Waals surface area contributed by atoms with E-state index >= 15 is 0 Å². The maximum Gasteiger partial charge on any atom is 0.358 e. The normalized spacial score (nSPS) is 10.8. The molecule has 2 aromatic heterocycles. The molecule has 0 aromatic carbocycles. The van der Waals surface area contributed by atoms with Crippen LogP contribution in [-0.4, -0.2) is 35.6 Å². The highest BCUT2D eigenvalue weighted by molar-refractivity contribution is 5.86. The van der Waals surface area contributed by atoms with Crippen molar-refractivity contribution < 1.29 is 9.90 Å². The Hall–Kier alpha value is -2.18. The fraction of sp³-hybridized carbons (Fsp3) is 0.500. The molecule has 7 nitrogen and oxygen atoms in total. The lowest BCUT2D eigenvalue weighted by Crippen LogP contribution is -2.10. The largest absolute Gasteiger partial charge is 0.476 e. The quantitative estimate of drug-likeness (QED) is 0.811. The smallest absolute Gasteiger partial charge is 0.358 e. The molecule has 0 aliphatic rings. The van der Waals surface area contributed by atoms with Crippen molar-refractivity contribution in [1.82, 2.24) is 24.5 Å². The molecule has 0 aliphatic heterocycles. The summed E-state index contributed by atoms with van der Waals surface area (Å²) in [4.78, 5) is 15.0. The molecule has 0 radical (unpaired) electrons. The lowest BCUT2D eigenvalue weighted by Gasteiger charge is -2.06. The van der Waals surface area contributed by atoms with Crippen LogP contribution in [0.15, 0.2) is 18.7 Å². The van der Waals surface area contributed by atoms with Gasteiger partial charge in [-0.3, -0.25) is 0 Å². The van der Waals surface area contributed by atoms with Crippen LogP contribution in [0.5, 0.6) is 0 Å². The van der Waals surface area contributed by atoms with E-state index in [0.717, 1.165) is 19.4 Å². The Morgan fingerprint density at radius 3 is 2.89 bits per heavy atom. The molecule has 2 rings (SSSR count). The number of aromatic carboxylic acids is 1. The molecule has 102 valence electrons. The first-order valence-electron chi connectivity index (χ1n) is 6.33. The molecule has 0 spiro atoms. The number of rotatable bonds is 7. The predicted octanol–water partition coefficient (Wildman–Crippen LogP) is 1.22. The van der Waals surface area contributed by atoms with E-state index in [1.54, 1.807) is 17.2 Å². The number of carbonyl (C=O) groups is 1. The van der Waals surface area contributed by atoms with Crippen LogP contribution in [0.2, 0.25) is 0 Å². The van der Waals surface area contributed by atoms with Gasteiger partial charge >= 0.3 is 5.97 Å². The molecule has 0 saturated heterocycles. The van der Waals surface area contributed by atoms with Gasteiger partial charge in [0.25, 0.3) is 0 Å². The number of hydrogen-bond donors (Lipinski definition) is 1. The number of carboxylic acids is 1. The van der Waals surface area contributed by atoms with Crippen molar-refractivity contribution in [1.29, 1.82) is 0 Å². The molecule has 7 heteroatoms. The average Bonchev–Trinajstić information content (AvgIpc) is 3.00. The number of aryl methyl sites for hydroxylation is 2. The third-order valence-corrected chi connectivity index (χ3v) is 2.87. The second kappa shape index (κ2) is 6.12. The average molecular weight is 263 g/mol. The van der Waals surface area contributed by atoms with Gasteiger partial charge in [0.15, 0.2) is 5.69 Å². The van der Waals surface area contributed by atoms with Gasteiger partial charge < -0.3 is 9.67 Å². The van der Waals surface area contributed by atoms with Crippen molar-refractivity contribution in [2.24, 2.45) is 0 Å². The summed E-state index contributed by atoms with van der Waals surface area (Å²) >= 11 is 0. The first kappa shape index (κ1) is 13.3. The van der Waals surface area contributed by atoms with Crippen molar-refractivity contribution in [3.8, 4) is 0 Å². The van der Waals surface area contributed by atoms with Gasteiger partial charge in [-0.15, -0.1) is 5.10 Å². The van der Waals surface area contributed by atoms with E-state index in [-0.39, 0.29) is 5.69 Å². The first-order valence-corrected chi connectivity index (χ1v) is 6.33. The second-order valence-electron chi connectivity index (χ2n) is 4.32. The minimum Gasteiger partial charge on any atom is -0.476 e. The van der Waals surface area contributed by atoms with Gasteiger partial charge in [-0.25, -0.2) is 14.5 Å². The highest BCUT2D eigenvalue weighted by Gasteiger charge is 2.17. The Labute approximate surface area is 110 Å². The molecular formula is C12H17N5O2. The van der Waals surface area contributed by atoms with E-state index in [1.165, 1.54) is 0 Å². The fourth-order valence-electron chi connectivity index (χ4n) is 1.98. The zero-order valence-electron chi connectivity index (χ0n) is 10.9. The summed E-state index contributed by atoms with van der Waals surface area (Å²) in [5, 5.41) is 16.7. The standard InChI is InChI=1S/C12H17N5O2/c1-2-4-10-11(12(18)19)14-15-17(10)7-3-6-16-8-5-13-9-16/h5,8-9H,2-4,6-7H2,1H3,(H,18,19). The summed E-state index contributed by atoms with van der Waals surface area (Å²) in [5.41, 5.74) is 0.783. The number of imidazole rings is 1. The van der Waals surface area contributed by atoms with Crippen LogP contribution in [-0.2, 0) is 19.5 Å². The number of carboxylic acid groups (broad SMARTS) is 1. The summed E-state index contributed by atoms with van der Waals surface area (Å²) in [6, 6.07) is 0. The van der Waals surface area contributed by atoms with Gasteiger partial charge in [-0.2, -0.15) is 0 Å². The molecule has 0 unspecified atom stereocenters. The Morgan fingerprint density at radius 1 is 1.42 bits per heavy atom. The van der Waals surface area contributed by atoms with E-state index in [2.05, 4.69) is 15.3 Å². The third-order valence-electron chi connectivity index (χ3n) is 2.87. The SMILES string of the molecule is CCCc1c(C(=O)O)nnn1CCCn1ccnc1. The molecule has 0 fully saturated rings. The topological polar surface area (TPSA) is 85.8 Å². The van der Waals surface area contributed by atoms with Gasteiger partial charge in [-0.1, -0.05) is 18.6 Å². The fourth-order valence-corrected chi connectivity index (χ4v) is 1.98. The number of nitrogens with zero attached hydrogens (tertiary/aromatic N) is 5. The van der Waals surface area contributed by atoms with Crippen LogP contribution >= 0.6 is 0 Å². The molecule has 0 saturated carbocycles. The predicted molar refractivity (Wildman–Crippen MR) is 67.8 cm³/mol. The van der Waals surface area contributed by atoms with Crippen LogP contribution in [0, 0.1) is 0 Å². The van der Waals surface area contributed by atoms with Gasteiger partial charge in [0.05, 0.1) is 12.0 Å². The molecule has 0 amide bonds. The van der Waals surface area contributed by atoms with Crippen molar-refractivity contribution in [2.45, 2.75) is 39.3 Å². The third kappa shape index (κ3) is 3.18. The molecule has 1 N–H and O–H groups in total. The Bertz CT molecular complexity index is 532. The van der Waals surface area contributed by atoms with E-state index in [0.29, 0.717) is 18.7 Å². The van der Waals surface area contributed by atoms with Gasteiger partial charge in [0.1, 0.15) is 0 Å². The minimum atomic E-state index is -1.01. The first-order chi connectivity index (χ1) is 9.22. The van der Waals surface area contributed by atoms with Crippen molar-refractivity contribution in [3.05, 3.63) is 30.1 Å². The zero-order valence-corrected chi connectivity index (χ0v) is 10.9. The monoisotopic (exact) mass is 263 g/mol. The highest BCUT2D eigenvalue weighted by atomic mass is 16.4. The van der Waals surface area contributed by atoms with E-state index < -0.39 is 5.97 Å². The summed E-state index contributed by atoms with van der Waals surface area (Å²) in [7, 11) is 0. The van der Waals surface area contributed by atoms with Gasteiger partial charge in [0.2, 0.25) is 0 Å². The zero-order chi connectivity index (χ0) is 13.7. The maximum absolute atomic E-state index is 11.0. The minimum absolute atomic E-state index is 0.0736. The molecular weight excluding hydrogens is 246 g/mol. The van der Waals surface area contributed by atoms with Gasteiger partial charge in [-0.05, 0) is 12.8 Å². The van der Waals surface area contributed by atoms with Crippen LogP contribution in [0.1, 0.15) is 35.9 Å². The Morgan fingerprint density at radius 2 is 2.26 bits per heavy atom. The molecule has 2 heterocycles. The molecule has 0 atom stereocenters. The van der Waals surface area contributed by atoms with Crippen molar-refractivity contribution in [2.75, 3.05) is 0 Å². The molecule has 19 heavy (non-hydrogen) atoms. The molecule has 0 aliphatic carbocycles. The molecule has 2 aromatic rings. The number of aromatic nitrogens is 5. The van der Waals surface area contributed by atoms with Crippen LogP contribution in [0.3, 0.4) is 0 Å². The Kier molecular flexibility index (Phi) is 4.27. The maximum atomic E-state index is 11.0. The second-order valence-corrected chi connectivity index (χ2v) is 4.32. The lowest BCUT2D eigenvalue weighted by molar-refractivity contribution is 0.0689. The van der Waals surface area contributed by atoms with Crippen LogP contribution in [0.25, 0.3) is 0 Å². The summed E-state index contributed by atoms with van der Waals surface area (Å²) in [6.45, 7) is 3.50. The van der Waals surface area contributed by atoms with Crippen molar-refractivity contribution >= 4 is 5.97 Å². The summed E-state index contributed by atoms with van der Waals surface area (Å²) in [5.74, 6) is -1.01. The Balaban J connectivity index is 2.01. The highest BCUT2D eigenvalue weighted by Crippen LogP contribution is 2.09. The molecule has 0 bridgehead atoms.